The lowest BCUT2D eigenvalue weighted by atomic mass is 10.2. The van der Waals surface area contributed by atoms with Gasteiger partial charge in [0.2, 0.25) is 5.91 Å². The minimum atomic E-state index is -0.311. The summed E-state index contributed by atoms with van der Waals surface area (Å²) in [6.45, 7) is 4.66. The Hall–Kier alpha value is -1.47. The molecule has 1 aromatic rings. The molecule has 2 rings (SSSR count). The first-order valence-electron chi connectivity index (χ1n) is 8.28. The molecule has 1 saturated heterocycles. The summed E-state index contributed by atoms with van der Waals surface area (Å²) in [5, 5.41) is 0.538. The predicted molar refractivity (Wildman–Crippen MR) is 99.1 cm³/mol. The van der Waals surface area contributed by atoms with Crippen LogP contribution in [0.4, 0.5) is 4.79 Å². The third-order valence-electron chi connectivity index (χ3n) is 3.84. The third-order valence-corrected chi connectivity index (χ3v) is 4.63. The lowest BCUT2D eigenvalue weighted by Gasteiger charge is -2.34. The molecule has 0 atom stereocenters. The maximum atomic E-state index is 12.2. The van der Waals surface area contributed by atoms with Gasteiger partial charge in [-0.25, -0.2) is 4.79 Å². The minimum absolute atomic E-state index is 0.0778. The molecule has 0 aliphatic carbocycles. The van der Waals surface area contributed by atoms with E-state index in [1.54, 1.807) is 28.9 Å². The summed E-state index contributed by atoms with van der Waals surface area (Å²) in [5.74, 6) is 0.689. The average Bonchev–Trinajstić information content (AvgIpc) is 2.60. The van der Waals surface area contributed by atoms with Crippen LogP contribution < -0.4 is 4.74 Å². The van der Waals surface area contributed by atoms with E-state index in [-0.39, 0.29) is 12.0 Å². The second-order valence-corrected chi connectivity index (χ2v) is 6.92. The van der Waals surface area contributed by atoms with Crippen molar-refractivity contribution in [1.82, 2.24) is 9.80 Å². The van der Waals surface area contributed by atoms with Gasteiger partial charge in [-0.05, 0) is 31.5 Å². The second-order valence-electron chi connectivity index (χ2n) is 5.59. The monoisotopic (exact) mass is 432 g/mol. The van der Waals surface area contributed by atoms with E-state index in [9.17, 15) is 9.59 Å². The van der Waals surface area contributed by atoms with Crippen LogP contribution in [-0.4, -0.2) is 61.2 Å². The summed E-state index contributed by atoms with van der Waals surface area (Å²) in [7, 11) is 0. The molecule has 0 spiro atoms. The van der Waals surface area contributed by atoms with Crippen LogP contribution in [0.15, 0.2) is 22.7 Å². The van der Waals surface area contributed by atoms with Crippen LogP contribution in [0.3, 0.4) is 0 Å². The molecule has 1 aliphatic heterocycles. The fourth-order valence-corrected chi connectivity index (χ4v) is 3.24. The van der Waals surface area contributed by atoms with E-state index in [1.165, 1.54) is 0 Å². The molecule has 8 heteroatoms. The number of carbonyl (C=O) groups is 2. The van der Waals surface area contributed by atoms with Crippen molar-refractivity contribution < 1.29 is 19.1 Å². The molecule has 1 aliphatic rings. The van der Waals surface area contributed by atoms with Crippen LogP contribution in [0.5, 0.6) is 5.75 Å². The largest absolute Gasteiger partial charge is 0.492 e. The Morgan fingerprint density at radius 1 is 1.20 bits per heavy atom. The average molecular weight is 434 g/mol. The molecule has 0 radical (unpaired) electrons. The van der Waals surface area contributed by atoms with E-state index in [1.807, 2.05) is 6.07 Å². The number of ether oxygens (including phenoxy) is 2. The van der Waals surface area contributed by atoms with Crippen LogP contribution in [0.1, 0.15) is 19.8 Å². The van der Waals surface area contributed by atoms with Gasteiger partial charge in [-0.1, -0.05) is 27.5 Å². The summed E-state index contributed by atoms with van der Waals surface area (Å²) in [4.78, 5) is 27.3. The quantitative estimate of drug-likeness (QED) is 0.644. The lowest BCUT2D eigenvalue weighted by Crippen LogP contribution is -2.50. The smallest absolute Gasteiger partial charge is 0.409 e. The first-order valence-corrected chi connectivity index (χ1v) is 9.45. The van der Waals surface area contributed by atoms with E-state index in [0.717, 1.165) is 4.47 Å². The Balaban J connectivity index is 1.67. The Morgan fingerprint density at radius 3 is 2.52 bits per heavy atom. The van der Waals surface area contributed by atoms with Crippen LogP contribution in [0.25, 0.3) is 0 Å². The molecular weight excluding hydrogens is 412 g/mol. The van der Waals surface area contributed by atoms with E-state index in [2.05, 4.69) is 15.9 Å². The number of nitrogens with zero attached hydrogens (tertiary/aromatic N) is 2. The molecule has 1 heterocycles. The minimum Gasteiger partial charge on any atom is -0.492 e. The molecule has 2 amide bonds. The third kappa shape index (κ3) is 6.08. The fraction of sp³-hybridized carbons (Fsp3) is 0.529. The topological polar surface area (TPSA) is 59.1 Å². The molecule has 0 aromatic heterocycles. The van der Waals surface area contributed by atoms with Crippen LogP contribution in [-0.2, 0) is 9.53 Å². The zero-order valence-electron chi connectivity index (χ0n) is 14.2. The Kier molecular flexibility index (Phi) is 7.84. The molecular formula is C17H22BrClN2O4. The van der Waals surface area contributed by atoms with Gasteiger partial charge in [-0.3, -0.25) is 4.79 Å². The zero-order chi connectivity index (χ0) is 18.2. The van der Waals surface area contributed by atoms with E-state index < -0.39 is 0 Å². The predicted octanol–water partition coefficient (Wildman–Crippen LogP) is 3.56. The standard InChI is InChI=1S/C17H22BrClN2O4/c1-2-24-17(23)21-9-7-20(8-10-21)16(22)4-3-11-25-15-6-5-13(18)12-14(15)19/h5-6,12H,2-4,7-11H2,1H3. The number of carbonyl (C=O) groups excluding carboxylic acids is 2. The summed E-state index contributed by atoms with van der Waals surface area (Å²) in [6, 6.07) is 5.42. The summed E-state index contributed by atoms with van der Waals surface area (Å²) in [5.41, 5.74) is 0. The van der Waals surface area contributed by atoms with E-state index >= 15 is 0 Å². The van der Waals surface area contributed by atoms with Crippen molar-refractivity contribution in [2.45, 2.75) is 19.8 Å². The van der Waals surface area contributed by atoms with Gasteiger partial charge in [-0.2, -0.15) is 0 Å². The van der Waals surface area contributed by atoms with E-state index in [4.69, 9.17) is 21.1 Å². The van der Waals surface area contributed by atoms with Crippen molar-refractivity contribution in [3.8, 4) is 5.75 Å². The van der Waals surface area contributed by atoms with Crippen LogP contribution >= 0.6 is 27.5 Å². The van der Waals surface area contributed by atoms with Gasteiger partial charge in [0, 0.05) is 37.1 Å². The first-order chi connectivity index (χ1) is 12.0. The number of halogens is 2. The summed E-state index contributed by atoms with van der Waals surface area (Å²) >= 11 is 9.42. The highest BCUT2D eigenvalue weighted by molar-refractivity contribution is 9.10. The van der Waals surface area contributed by atoms with Gasteiger partial charge < -0.3 is 19.3 Å². The summed E-state index contributed by atoms with van der Waals surface area (Å²) in [6.07, 6.45) is 0.714. The van der Waals surface area contributed by atoms with Gasteiger partial charge in [-0.15, -0.1) is 0 Å². The molecule has 1 fully saturated rings. The molecule has 0 saturated carbocycles. The highest BCUT2D eigenvalue weighted by atomic mass is 79.9. The fourth-order valence-electron chi connectivity index (χ4n) is 2.51. The number of benzene rings is 1. The molecule has 138 valence electrons. The van der Waals surface area contributed by atoms with Crippen molar-refractivity contribution >= 4 is 39.5 Å². The maximum absolute atomic E-state index is 12.2. The number of piperazine rings is 1. The molecule has 25 heavy (non-hydrogen) atoms. The van der Waals surface area contributed by atoms with Crippen molar-refractivity contribution in [2.24, 2.45) is 0 Å². The van der Waals surface area contributed by atoms with Gasteiger partial charge in [0.15, 0.2) is 0 Å². The van der Waals surface area contributed by atoms with Crippen LogP contribution in [0, 0.1) is 0 Å². The van der Waals surface area contributed by atoms with Gasteiger partial charge >= 0.3 is 6.09 Å². The normalized spacial score (nSPS) is 14.4. The molecule has 0 bridgehead atoms. The van der Waals surface area contributed by atoms with Crippen molar-refractivity contribution in [1.29, 1.82) is 0 Å². The Labute approximate surface area is 161 Å². The molecule has 0 N–H and O–H groups in total. The lowest BCUT2D eigenvalue weighted by molar-refractivity contribution is -0.133. The highest BCUT2D eigenvalue weighted by Crippen LogP contribution is 2.27. The van der Waals surface area contributed by atoms with Crippen molar-refractivity contribution in [3.05, 3.63) is 27.7 Å². The summed E-state index contributed by atoms with van der Waals surface area (Å²) < 4.78 is 11.5. The van der Waals surface area contributed by atoms with Crippen molar-refractivity contribution in [2.75, 3.05) is 39.4 Å². The Morgan fingerprint density at radius 2 is 1.88 bits per heavy atom. The molecule has 0 unspecified atom stereocenters. The van der Waals surface area contributed by atoms with Crippen molar-refractivity contribution in [3.63, 3.8) is 0 Å². The number of hydrogen-bond donors (Lipinski definition) is 0. The zero-order valence-corrected chi connectivity index (χ0v) is 16.5. The second kappa shape index (κ2) is 9.87. The van der Waals surface area contributed by atoms with Gasteiger partial charge in [0.1, 0.15) is 5.75 Å². The maximum Gasteiger partial charge on any atom is 0.409 e. The first kappa shape index (κ1) is 19.8. The number of rotatable bonds is 6. The van der Waals surface area contributed by atoms with Gasteiger partial charge in [0.25, 0.3) is 0 Å². The highest BCUT2D eigenvalue weighted by Gasteiger charge is 2.24. The van der Waals surface area contributed by atoms with Gasteiger partial charge in [0.05, 0.1) is 18.2 Å². The molecule has 1 aromatic carbocycles. The SMILES string of the molecule is CCOC(=O)N1CCN(C(=O)CCCOc2ccc(Br)cc2Cl)CC1. The Bertz CT molecular complexity index is 606. The molecule has 6 nitrogen and oxygen atoms in total. The van der Waals surface area contributed by atoms with E-state index in [0.29, 0.717) is 63.0 Å². The number of amides is 2. The van der Waals surface area contributed by atoms with Crippen LogP contribution in [0.2, 0.25) is 5.02 Å². The number of hydrogen-bond acceptors (Lipinski definition) is 4.